The van der Waals surface area contributed by atoms with Crippen LogP contribution in [-0.4, -0.2) is 6.04 Å². The molecule has 1 aliphatic heterocycles. The standard InChI is InChI=1S/C84H64N2/c1-5-23-57(24-6-1)58-41-43-61(44-42-58)83-73-37-19-21-39-75(73)84(76-40-22-20-38-74(76)83)77-51-54-80(72-36-18-17-35-71(72)77)85(64-29-11-4-12-30-64)65-47-49-66(50-48-65)86-81-52-45-62(69-33-15-13-31-67(69)59-25-7-2-8-26-59)55-78(81)79-56-63(46-53-82(79)86)70-34-16-14-32-68(70)60-27-9-3-10-28-60/h1-2,4-9,11-45,47-52,54-55,63,79,82H,3,10,46,53,56H2. The van der Waals surface area contributed by atoms with Crippen LogP contribution in [0.4, 0.5) is 28.4 Å². The average molecular weight is 1100 g/mol. The molecule has 2 nitrogen and oxygen atoms in total. The Hall–Kier alpha value is -10.3. The van der Waals surface area contributed by atoms with Crippen molar-refractivity contribution in [1.29, 1.82) is 0 Å². The minimum Gasteiger partial charge on any atom is -0.338 e. The molecule has 0 bridgehead atoms. The fraction of sp³-hybridized carbons (Fsp3) is 0.0952. The van der Waals surface area contributed by atoms with E-state index in [0.717, 1.165) is 49.2 Å². The van der Waals surface area contributed by atoms with Crippen molar-refractivity contribution in [3.63, 3.8) is 0 Å². The van der Waals surface area contributed by atoms with E-state index in [0.29, 0.717) is 17.9 Å². The maximum absolute atomic E-state index is 2.71. The highest BCUT2D eigenvalue weighted by Crippen LogP contribution is 2.56. The van der Waals surface area contributed by atoms with E-state index in [1.807, 2.05) is 0 Å². The summed E-state index contributed by atoms with van der Waals surface area (Å²) in [6.07, 6.45) is 12.7. The molecule has 3 unspecified atom stereocenters. The second-order valence-corrected chi connectivity index (χ2v) is 23.6. The highest BCUT2D eigenvalue weighted by atomic mass is 15.2. The lowest BCUT2D eigenvalue weighted by molar-refractivity contribution is 0.361. The van der Waals surface area contributed by atoms with E-state index in [2.05, 4.69) is 319 Å². The van der Waals surface area contributed by atoms with Crippen molar-refractivity contribution >= 4 is 66.3 Å². The summed E-state index contributed by atoms with van der Waals surface area (Å²) >= 11 is 0. The van der Waals surface area contributed by atoms with E-state index in [9.17, 15) is 0 Å². The molecule has 3 atom stereocenters. The second-order valence-electron chi connectivity index (χ2n) is 23.6. The minimum atomic E-state index is 0.329. The van der Waals surface area contributed by atoms with Gasteiger partial charge >= 0.3 is 0 Å². The van der Waals surface area contributed by atoms with Crippen LogP contribution < -0.4 is 9.80 Å². The number of allylic oxidation sites excluding steroid dienone is 4. The molecule has 3 aliphatic rings. The van der Waals surface area contributed by atoms with Crippen LogP contribution >= 0.6 is 0 Å². The fourth-order valence-electron chi connectivity index (χ4n) is 15.0. The van der Waals surface area contributed by atoms with E-state index in [-0.39, 0.29) is 0 Å². The van der Waals surface area contributed by atoms with Crippen LogP contribution in [0.25, 0.3) is 93.5 Å². The molecule has 0 amide bonds. The summed E-state index contributed by atoms with van der Waals surface area (Å²) in [5.41, 5.74) is 24.1. The zero-order valence-corrected chi connectivity index (χ0v) is 48.1. The Kier molecular flexibility index (Phi) is 13.2. The van der Waals surface area contributed by atoms with Gasteiger partial charge in [0.25, 0.3) is 0 Å². The molecule has 16 rings (SSSR count). The monoisotopic (exact) mass is 1100 g/mol. The number of benzene rings is 13. The minimum absolute atomic E-state index is 0.329. The van der Waals surface area contributed by atoms with Crippen molar-refractivity contribution in [1.82, 2.24) is 0 Å². The lowest BCUT2D eigenvalue weighted by Gasteiger charge is -2.38. The summed E-state index contributed by atoms with van der Waals surface area (Å²) in [5.74, 6) is 0.818. The molecule has 13 aromatic rings. The molecular formula is C84H64N2. The lowest BCUT2D eigenvalue weighted by Crippen LogP contribution is -2.34. The Labute approximate surface area is 504 Å². The zero-order chi connectivity index (χ0) is 56.9. The number of hydrogen-bond donors (Lipinski definition) is 0. The molecule has 0 aromatic heterocycles. The van der Waals surface area contributed by atoms with Gasteiger partial charge in [0.2, 0.25) is 0 Å². The van der Waals surface area contributed by atoms with Crippen molar-refractivity contribution in [2.45, 2.75) is 50.0 Å². The first kappa shape index (κ1) is 51.4. The predicted octanol–water partition coefficient (Wildman–Crippen LogP) is 23.3. The first-order valence-electron chi connectivity index (χ1n) is 30.8. The van der Waals surface area contributed by atoms with Gasteiger partial charge in [0.1, 0.15) is 0 Å². The Morgan fingerprint density at radius 1 is 0.349 bits per heavy atom. The topological polar surface area (TPSA) is 6.48 Å². The Morgan fingerprint density at radius 2 is 0.884 bits per heavy atom. The quantitative estimate of drug-likeness (QED) is 0.119. The van der Waals surface area contributed by atoms with Gasteiger partial charge in [-0.15, -0.1) is 0 Å². The van der Waals surface area contributed by atoms with Gasteiger partial charge in [-0.1, -0.05) is 255 Å². The van der Waals surface area contributed by atoms with E-state index in [1.54, 1.807) is 0 Å². The largest absolute Gasteiger partial charge is 0.338 e. The van der Waals surface area contributed by atoms with Gasteiger partial charge in [-0.3, -0.25) is 0 Å². The molecule has 1 fully saturated rings. The summed E-state index contributed by atoms with van der Waals surface area (Å²) in [6.45, 7) is 0. The number of fused-ring (bicyclic) bond motifs is 6. The molecule has 13 aromatic carbocycles. The van der Waals surface area contributed by atoms with Gasteiger partial charge in [-0.25, -0.2) is 0 Å². The third-order valence-electron chi connectivity index (χ3n) is 18.9. The molecule has 2 aliphatic carbocycles. The van der Waals surface area contributed by atoms with Crippen molar-refractivity contribution in [2.24, 2.45) is 0 Å². The third kappa shape index (κ3) is 9.04. The summed E-state index contributed by atoms with van der Waals surface area (Å²) in [5, 5.41) is 7.39. The molecular weight excluding hydrogens is 1040 g/mol. The SMILES string of the molecule is C1=CC(c2ccccc2C2CCC3C(C2)c2cc(-c4ccccc4-c4ccccc4)ccc2N3c2ccc(N(c3ccccc3)c3ccc(-c4c5ccccc5c(-c5ccc(-c6ccccc6)cc5)c5ccccc45)c4ccccc34)cc2)=CCC1. The summed E-state index contributed by atoms with van der Waals surface area (Å²) in [4.78, 5) is 5.17. The van der Waals surface area contributed by atoms with Gasteiger partial charge in [0.15, 0.2) is 0 Å². The van der Waals surface area contributed by atoms with E-state index < -0.39 is 0 Å². The van der Waals surface area contributed by atoms with Crippen LogP contribution in [0.1, 0.15) is 60.6 Å². The van der Waals surface area contributed by atoms with Crippen molar-refractivity contribution < 1.29 is 0 Å². The highest BCUT2D eigenvalue weighted by Gasteiger charge is 2.44. The number of hydrogen-bond acceptors (Lipinski definition) is 2. The van der Waals surface area contributed by atoms with Gasteiger partial charge in [0, 0.05) is 40.1 Å². The summed E-state index contributed by atoms with van der Waals surface area (Å²) in [6, 6.07) is 109. The van der Waals surface area contributed by atoms with E-state index in [4.69, 9.17) is 0 Å². The van der Waals surface area contributed by atoms with Gasteiger partial charge < -0.3 is 9.80 Å². The number of nitrogens with zero attached hydrogens (tertiary/aromatic N) is 2. The third-order valence-corrected chi connectivity index (χ3v) is 18.9. The molecule has 1 heterocycles. The second kappa shape index (κ2) is 22.0. The molecule has 0 spiro atoms. The van der Waals surface area contributed by atoms with Crippen LogP contribution in [0, 0.1) is 0 Å². The lowest BCUT2D eigenvalue weighted by atomic mass is 9.72. The first-order chi connectivity index (χ1) is 42.7. The zero-order valence-electron chi connectivity index (χ0n) is 48.1. The highest BCUT2D eigenvalue weighted by molar-refractivity contribution is 6.24. The number of rotatable bonds is 11. The van der Waals surface area contributed by atoms with Gasteiger partial charge in [-0.2, -0.15) is 0 Å². The molecule has 410 valence electrons. The molecule has 0 N–H and O–H groups in total. The van der Waals surface area contributed by atoms with E-state index >= 15 is 0 Å². The predicted molar refractivity (Wildman–Crippen MR) is 365 cm³/mol. The van der Waals surface area contributed by atoms with E-state index in [1.165, 1.54) is 122 Å². The average Bonchev–Trinajstić information content (AvgIpc) is 1.25. The number of para-hydroxylation sites is 1. The van der Waals surface area contributed by atoms with Crippen LogP contribution in [-0.2, 0) is 0 Å². The van der Waals surface area contributed by atoms with Crippen molar-refractivity contribution in [3.05, 3.63) is 326 Å². The first-order valence-corrected chi connectivity index (χ1v) is 30.8. The Balaban J connectivity index is 0.793. The molecule has 0 radical (unpaired) electrons. The summed E-state index contributed by atoms with van der Waals surface area (Å²) < 4.78 is 0. The van der Waals surface area contributed by atoms with Gasteiger partial charge in [-0.05, 0) is 197 Å². The van der Waals surface area contributed by atoms with Gasteiger partial charge in [0.05, 0.1) is 5.69 Å². The number of anilines is 5. The Morgan fingerprint density at radius 3 is 1.56 bits per heavy atom. The summed E-state index contributed by atoms with van der Waals surface area (Å²) in [7, 11) is 0. The molecule has 0 saturated heterocycles. The van der Waals surface area contributed by atoms with Crippen LogP contribution in [0.5, 0.6) is 0 Å². The van der Waals surface area contributed by atoms with Crippen molar-refractivity contribution in [2.75, 3.05) is 9.80 Å². The van der Waals surface area contributed by atoms with Crippen LogP contribution in [0.3, 0.4) is 0 Å². The smallest absolute Gasteiger partial charge is 0.0540 e. The molecule has 2 heteroatoms. The van der Waals surface area contributed by atoms with Crippen molar-refractivity contribution in [3.8, 4) is 55.6 Å². The molecule has 86 heavy (non-hydrogen) atoms. The van der Waals surface area contributed by atoms with Crippen LogP contribution in [0.15, 0.2) is 309 Å². The normalized spacial score (nSPS) is 16.3. The maximum atomic E-state index is 2.71. The molecule has 1 saturated carbocycles. The maximum Gasteiger partial charge on any atom is 0.0540 e. The Bertz CT molecular complexity index is 4670. The van der Waals surface area contributed by atoms with Crippen LogP contribution in [0.2, 0.25) is 0 Å². The fourth-order valence-corrected chi connectivity index (χ4v) is 15.0.